The molecule has 2 saturated heterocycles. The van der Waals surface area contributed by atoms with E-state index in [0.29, 0.717) is 25.4 Å². The van der Waals surface area contributed by atoms with E-state index in [4.69, 9.17) is 4.74 Å². The number of rotatable bonds is 5. The number of likely N-dealkylation sites (tertiary alicyclic amines) is 1. The molecule has 2 N–H and O–H groups in total. The number of fused-ring (bicyclic) bond motifs is 1. The van der Waals surface area contributed by atoms with Gasteiger partial charge in [-0.25, -0.2) is 9.59 Å². The quantitative estimate of drug-likeness (QED) is 0.439. The molecule has 1 aliphatic carbocycles. The van der Waals surface area contributed by atoms with Gasteiger partial charge in [-0.15, -0.1) is 0 Å². The van der Waals surface area contributed by atoms with Crippen LogP contribution in [0.4, 0.5) is 15.3 Å². The Morgan fingerprint density at radius 3 is 2.17 bits per heavy atom. The van der Waals surface area contributed by atoms with Crippen molar-refractivity contribution in [2.45, 2.75) is 84.2 Å². The first kappa shape index (κ1) is 34.5. The molecule has 0 unspecified atom stereocenters. The second kappa shape index (κ2) is 15.9. The van der Waals surface area contributed by atoms with Gasteiger partial charge in [0.25, 0.3) is 0 Å². The van der Waals surface area contributed by atoms with Crippen LogP contribution < -0.4 is 5.32 Å². The van der Waals surface area contributed by atoms with Crippen molar-refractivity contribution < 1.29 is 24.2 Å². The number of aryl methyl sites for hydroxylation is 2. The standard InChI is InChI=1S/C21H32N2O2.C16H21N3O3/c1-15-12-18(13-16(2)20(15)24)14-17(3)21(25)23-10-8-22(9-11-23)19-6-4-5-7-19;1-22-16(21)18-9-7-13(8-10-18)19-11-6-12-4-2-3-5-14(12)17-15(19)20/h12-13,17,19,24H,4-11,14H2,1-3H3;2-5,13H,6-11H2,1H3,(H,17,20)/t17-;/m1./s1. The van der Waals surface area contributed by atoms with Crippen LogP contribution in [0.1, 0.15) is 67.7 Å². The van der Waals surface area contributed by atoms with Crippen LogP contribution in [0.5, 0.6) is 5.75 Å². The number of nitrogens with zero attached hydrogens (tertiary/aromatic N) is 4. The van der Waals surface area contributed by atoms with Gasteiger partial charge in [0.2, 0.25) is 5.91 Å². The molecule has 4 amide bonds. The van der Waals surface area contributed by atoms with E-state index in [1.54, 1.807) is 4.90 Å². The summed E-state index contributed by atoms with van der Waals surface area (Å²) in [6, 6.07) is 12.8. The summed E-state index contributed by atoms with van der Waals surface area (Å²) in [7, 11) is 1.40. The number of hydrogen-bond acceptors (Lipinski definition) is 6. The summed E-state index contributed by atoms with van der Waals surface area (Å²) in [4.78, 5) is 45.1. The van der Waals surface area contributed by atoms with Crippen molar-refractivity contribution >= 4 is 23.7 Å². The molecule has 0 radical (unpaired) electrons. The minimum absolute atomic E-state index is 0.0126. The highest BCUT2D eigenvalue weighted by molar-refractivity contribution is 5.91. The molecule has 3 heterocycles. The fourth-order valence-electron chi connectivity index (χ4n) is 7.72. The number of carbonyl (C=O) groups excluding carboxylic acids is 3. The molecule has 4 aliphatic rings. The molecule has 1 atom stereocenters. The zero-order valence-electron chi connectivity index (χ0n) is 28.7. The maximum absolute atomic E-state index is 12.8. The topological polar surface area (TPSA) is 106 Å². The van der Waals surface area contributed by atoms with Crippen LogP contribution in [-0.4, -0.2) is 108 Å². The highest BCUT2D eigenvalue weighted by atomic mass is 16.5. The van der Waals surface area contributed by atoms with Crippen molar-refractivity contribution in [3.05, 3.63) is 58.7 Å². The number of amides is 4. The predicted octanol–water partition coefficient (Wildman–Crippen LogP) is 5.58. The Bertz CT molecular complexity index is 1370. The molecule has 0 spiro atoms. The molecule has 0 aromatic heterocycles. The van der Waals surface area contributed by atoms with Crippen LogP contribution in [-0.2, 0) is 22.4 Å². The van der Waals surface area contributed by atoms with Crippen LogP contribution in [0.25, 0.3) is 0 Å². The minimum Gasteiger partial charge on any atom is -0.507 e. The number of anilines is 1. The van der Waals surface area contributed by atoms with Crippen LogP contribution in [0, 0.1) is 19.8 Å². The number of ether oxygens (including phenoxy) is 1. The number of methoxy groups -OCH3 is 1. The Hall–Kier alpha value is -3.79. The molecule has 0 bridgehead atoms. The molecule has 10 heteroatoms. The van der Waals surface area contributed by atoms with E-state index in [1.807, 2.05) is 56.0 Å². The summed E-state index contributed by atoms with van der Waals surface area (Å²) in [5.41, 5.74) is 4.99. The molecular weight excluding hydrogens is 594 g/mol. The average molecular weight is 648 g/mol. The Morgan fingerprint density at radius 1 is 0.894 bits per heavy atom. The number of nitrogens with one attached hydrogen (secondary N) is 1. The summed E-state index contributed by atoms with van der Waals surface area (Å²) < 4.78 is 4.75. The highest BCUT2D eigenvalue weighted by Crippen LogP contribution is 2.27. The lowest BCUT2D eigenvalue weighted by atomic mass is 9.96. The number of piperazine rings is 1. The van der Waals surface area contributed by atoms with Gasteiger partial charge in [0.05, 0.1) is 7.11 Å². The monoisotopic (exact) mass is 647 g/mol. The van der Waals surface area contributed by atoms with E-state index in [2.05, 4.69) is 21.2 Å². The van der Waals surface area contributed by atoms with Gasteiger partial charge in [-0.2, -0.15) is 0 Å². The van der Waals surface area contributed by atoms with Crippen LogP contribution >= 0.6 is 0 Å². The molecule has 1 saturated carbocycles. The van der Waals surface area contributed by atoms with E-state index in [-0.39, 0.29) is 30.0 Å². The van der Waals surface area contributed by atoms with Crippen molar-refractivity contribution in [1.82, 2.24) is 19.6 Å². The summed E-state index contributed by atoms with van der Waals surface area (Å²) in [6.07, 6.45) is 8.30. The Labute approximate surface area is 280 Å². The molecule has 3 aliphatic heterocycles. The largest absolute Gasteiger partial charge is 0.507 e. The van der Waals surface area contributed by atoms with Gasteiger partial charge >= 0.3 is 12.1 Å². The first-order valence-electron chi connectivity index (χ1n) is 17.4. The van der Waals surface area contributed by atoms with E-state index < -0.39 is 0 Å². The first-order chi connectivity index (χ1) is 22.6. The van der Waals surface area contributed by atoms with Crippen LogP contribution in [0.2, 0.25) is 0 Å². The molecule has 6 rings (SSSR count). The third-order valence-electron chi connectivity index (χ3n) is 10.5. The lowest BCUT2D eigenvalue weighted by Crippen LogP contribution is -2.52. The molecule has 3 fully saturated rings. The molecular formula is C37H53N5O5. The lowest BCUT2D eigenvalue weighted by molar-refractivity contribution is -0.137. The van der Waals surface area contributed by atoms with Gasteiger partial charge in [-0.05, 0) is 80.7 Å². The number of phenols is 1. The number of benzene rings is 2. The highest BCUT2D eigenvalue weighted by Gasteiger charge is 2.32. The van der Waals surface area contributed by atoms with Gasteiger partial charge in [0.1, 0.15) is 5.75 Å². The number of piperidine rings is 1. The predicted molar refractivity (Wildman–Crippen MR) is 184 cm³/mol. The molecule has 47 heavy (non-hydrogen) atoms. The molecule has 2 aromatic rings. The third-order valence-corrected chi connectivity index (χ3v) is 10.5. The third kappa shape index (κ3) is 8.58. The van der Waals surface area contributed by atoms with Gasteiger partial charge < -0.3 is 29.9 Å². The number of aromatic hydroxyl groups is 1. The number of hydrogen-bond donors (Lipinski definition) is 2. The summed E-state index contributed by atoms with van der Waals surface area (Å²) >= 11 is 0. The van der Waals surface area contributed by atoms with Crippen molar-refractivity contribution in [1.29, 1.82) is 0 Å². The summed E-state index contributed by atoms with van der Waals surface area (Å²) in [5, 5.41) is 12.9. The average Bonchev–Trinajstić information content (AvgIpc) is 3.57. The normalized spacial score (nSPS) is 20.1. The maximum atomic E-state index is 12.8. The maximum Gasteiger partial charge on any atom is 0.409 e. The Balaban J connectivity index is 0.000000186. The molecule has 10 nitrogen and oxygen atoms in total. The SMILES string of the molecule is COC(=O)N1CCC(N2CCc3ccccc3NC2=O)CC1.Cc1cc(C[C@@H](C)C(=O)N2CCN(C3CCCC3)CC2)cc(C)c1O. The van der Waals surface area contributed by atoms with Crippen LogP contribution in [0.3, 0.4) is 0 Å². The van der Waals surface area contributed by atoms with E-state index in [0.717, 1.165) is 80.3 Å². The first-order valence-corrected chi connectivity index (χ1v) is 17.4. The smallest absolute Gasteiger partial charge is 0.409 e. The van der Waals surface area contributed by atoms with Gasteiger partial charge in [0.15, 0.2) is 0 Å². The van der Waals surface area contributed by atoms with E-state index >= 15 is 0 Å². The van der Waals surface area contributed by atoms with Crippen molar-refractivity contribution in [2.24, 2.45) is 5.92 Å². The van der Waals surface area contributed by atoms with Gasteiger partial charge in [-0.3, -0.25) is 9.69 Å². The number of phenolic OH excluding ortho intramolecular Hbond substituents is 1. The van der Waals surface area contributed by atoms with Gasteiger partial charge in [0, 0.05) is 69.5 Å². The Morgan fingerprint density at radius 2 is 1.53 bits per heavy atom. The minimum atomic E-state index is -0.286. The lowest BCUT2D eigenvalue weighted by Gasteiger charge is -2.39. The van der Waals surface area contributed by atoms with Crippen molar-refractivity contribution in [3.63, 3.8) is 0 Å². The number of carbonyl (C=O) groups is 3. The number of urea groups is 1. The van der Waals surface area contributed by atoms with Gasteiger partial charge in [-0.1, -0.05) is 50.1 Å². The van der Waals surface area contributed by atoms with Crippen LogP contribution in [0.15, 0.2) is 36.4 Å². The van der Waals surface area contributed by atoms with Crippen molar-refractivity contribution in [3.8, 4) is 5.75 Å². The zero-order chi connectivity index (χ0) is 33.5. The fraction of sp³-hybridized carbons (Fsp3) is 0.595. The molecule has 2 aromatic carbocycles. The molecule has 256 valence electrons. The zero-order valence-corrected chi connectivity index (χ0v) is 28.7. The summed E-state index contributed by atoms with van der Waals surface area (Å²) in [5.74, 6) is 0.626. The second-order valence-corrected chi connectivity index (χ2v) is 13.7. The Kier molecular flexibility index (Phi) is 11.7. The van der Waals surface area contributed by atoms with Crippen molar-refractivity contribution in [2.75, 3.05) is 58.2 Å². The van der Waals surface area contributed by atoms with E-state index in [1.165, 1.54) is 38.4 Å². The summed E-state index contributed by atoms with van der Waals surface area (Å²) in [6.45, 7) is 11.6. The van der Waals surface area contributed by atoms with E-state index in [9.17, 15) is 19.5 Å². The fourth-order valence-corrected chi connectivity index (χ4v) is 7.72. The number of para-hydroxylation sites is 1. The second-order valence-electron chi connectivity index (χ2n) is 13.7.